The van der Waals surface area contributed by atoms with Gasteiger partial charge >= 0.3 is 18.4 Å². The summed E-state index contributed by atoms with van der Waals surface area (Å²) in [5.74, 6) is -1.89. The Morgan fingerprint density at radius 3 is 2.70 bits per heavy atom. The third-order valence-corrected chi connectivity index (χ3v) is 3.00. The van der Waals surface area contributed by atoms with Crippen LogP contribution in [0.5, 0.6) is 11.5 Å². The molecule has 126 valence electrons. The highest BCUT2D eigenvalue weighted by Gasteiger charge is 2.43. The number of halogens is 2. The molecule has 1 atom stereocenters. The second kappa shape index (κ2) is 6.67. The minimum atomic E-state index is -3.80. The van der Waals surface area contributed by atoms with Crippen LogP contribution in [0.1, 0.15) is 31.4 Å². The van der Waals surface area contributed by atoms with E-state index in [1.54, 1.807) is 0 Å². The standard InChI is InChI=1S/C14H15F2NO6/c1-2-3-6-21-13(20)17-11(12(18)19)8-4-5-9-10(7-8)23-14(15,16)22-9/h4-5,7,11H,2-3,6H2,1H3,(H,17,20)(H,18,19). The number of benzene rings is 1. The van der Waals surface area contributed by atoms with Crippen molar-refractivity contribution < 1.29 is 37.7 Å². The van der Waals surface area contributed by atoms with Gasteiger partial charge in [0.1, 0.15) is 0 Å². The minimum Gasteiger partial charge on any atom is -0.479 e. The Morgan fingerprint density at radius 2 is 2.04 bits per heavy atom. The number of carboxylic acid groups (broad SMARTS) is 1. The van der Waals surface area contributed by atoms with Gasteiger partial charge in [-0.05, 0) is 24.1 Å². The van der Waals surface area contributed by atoms with Gasteiger partial charge in [-0.15, -0.1) is 8.78 Å². The maximum atomic E-state index is 13.0. The Morgan fingerprint density at radius 1 is 1.35 bits per heavy atom. The van der Waals surface area contributed by atoms with E-state index in [-0.39, 0.29) is 23.7 Å². The number of carbonyl (C=O) groups is 2. The highest BCUT2D eigenvalue weighted by atomic mass is 19.3. The second-order valence-electron chi connectivity index (χ2n) is 4.78. The quantitative estimate of drug-likeness (QED) is 0.778. The number of rotatable bonds is 6. The molecule has 1 aliphatic rings. The Balaban J connectivity index is 2.10. The summed E-state index contributed by atoms with van der Waals surface area (Å²) < 4.78 is 39.2. The van der Waals surface area contributed by atoms with Crippen molar-refractivity contribution in [2.75, 3.05) is 6.61 Å². The van der Waals surface area contributed by atoms with Gasteiger partial charge in [-0.1, -0.05) is 19.4 Å². The summed E-state index contributed by atoms with van der Waals surface area (Å²) in [7, 11) is 0. The number of ether oxygens (including phenoxy) is 3. The first-order chi connectivity index (χ1) is 10.8. The Bertz CT molecular complexity index is 607. The molecule has 0 radical (unpaired) electrons. The topological polar surface area (TPSA) is 94.1 Å². The first kappa shape index (κ1) is 16.8. The molecule has 0 saturated heterocycles. The number of unbranched alkanes of at least 4 members (excludes halogenated alkanes) is 1. The first-order valence-corrected chi connectivity index (χ1v) is 6.88. The molecule has 0 fully saturated rings. The summed E-state index contributed by atoms with van der Waals surface area (Å²) in [5, 5.41) is 11.4. The highest BCUT2D eigenvalue weighted by Crippen LogP contribution is 2.42. The SMILES string of the molecule is CCCCOC(=O)NC(C(=O)O)c1ccc2c(c1)OC(F)(F)O2. The summed E-state index contributed by atoms with van der Waals surface area (Å²) in [6.45, 7) is 2.06. The molecule has 2 rings (SSSR count). The largest absolute Gasteiger partial charge is 0.586 e. The van der Waals surface area contributed by atoms with Crippen molar-refractivity contribution in [3.63, 3.8) is 0 Å². The smallest absolute Gasteiger partial charge is 0.479 e. The molecule has 0 spiro atoms. The number of amides is 1. The van der Waals surface area contributed by atoms with Crippen LogP contribution >= 0.6 is 0 Å². The molecule has 23 heavy (non-hydrogen) atoms. The molecule has 0 aromatic heterocycles. The monoisotopic (exact) mass is 331 g/mol. The molecule has 2 N–H and O–H groups in total. The number of carboxylic acids is 1. The molecule has 9 heteroatoms. The summed E-state index contributed by atoms with van der Waals surface area (Å²) >= 11 is 0. The van der Waals surface area contributed by atoms with Crippen molar-refractivity contribution in [3.8, 4) is 11.5 Å². The molecule has 1 amide bonds. The average Bonchev–Trinajstić information content (AvgIpc) is 2.77. The maximum absolute atomic E-state index is 13.0. The van der Waals surface area contributed by atoms with Crippen molar-refractivity contribution >= 4 is 12.1 Å². The van der Waals surface area contributed by atoms with Gasteiger partial charge in [-0.25, -0.2) is 9.59 Å². The van der Waals surface area contributed by atoms with Gasteiger partial charge in [0.25, 0.3) is 0 Å². The van der Waals surface area contributed by atoms with Gasteiger partial charge in [-0.3, -0.25) is 0 Å². The molecule has 0 saturated carbocycles. The van der Waals surface area contributed by atoms with Crippen LogP contribution in [0.3, 0.4) is 0 Å². The zero-order valence-electron chi connectivity index (χ0n) is 12.2. The molecule has 1 unspecified atom stereocenters. The maximum Gasteiger partial charge on any atom is 0.586 e. The third kappa shape index (κ3) is 4.21. The zero-order valence-corrected chi connectivity index (χ0v) is 12.2. The lowest BCUT2D eigenvalue weighted by Gasteiger charge is -2.15. The summed E-state index contributed by atoms with van der Waals surface area (Å²) in [6, 6.07) is 1.99. The van der Waals surface area contributed by atoms with Crippen LogP contribution in [0.4, 0.5) is 13.6 Å². The van der Waals surface area contributed by atoms with Crippen molar-refractivity contribution in [2.24, 2.45) is 0 Å². The van der Waals surface area contributed by atoms with E-state index in [4.69, 9.17) is 4.74 Å². The molecule has 7 nitrogen and oxygen atoms in total. The number of alkyl halides is 2. The van der Waals surface area contributed by atoms with Crippen molar-refractivity contribution in [2.45, 2.75) is 32.1 Å². The Kier molecular flexibility index (Phi) is 4.87. The number of aliphatic carboxylic acids is 1. The van der Waals surface area contributed by atoms with E-state index in [0.29, 0.717) is 6.42 Å². The number of carbonyl (C=O) groups excluding carboxylic acids is 1. The van der Waals surface area contributed by atoms with Crippen LogP contribution in [0.15, 0.2) is 18.2 Å². The molecular weight excluding hydrogens is 316 g/mol. The van der Waals surface area contributed by atoms with Crippen LogP contribution in [0.25, 0.3) is 0 Å². The van der Waals surface area contributed by atoms with Crippen LogP contribution in [-0.2, 0) is 9.53 Å². The van der Waals surface area contributed by atoms with E-state index in [9.17, 15) is 23.5 Å². The van der Waals surface area contributed by atoms with Crippen LogP contribution < -0.4 is 14.8 Å². The van der Waals surface area contributed by atoms with Gasteiger partial charge in [0.15, 0.2) is 17.5 Å². The zero-order chi connectivity index (χ0) is 17.0. The number of hydrogen-bond donors (Lipinski definition) is 2. The van der Waals surface area contributed by atoms with Crippen LogP contribution in [0, 0.1) is 0 Å². The third-order valence-electron chi connectivity index (χ3n) is 3.00. The van der Waals surface area contributed by atoms with Crippen molar-refractivity contribution in [1.29, 1.82) is 0 Å². The average molecular weight is 331 g/mol. The molecule has 0 aliphatic carbocycles. The molecule has 1 aliphatic heterocycles. The summed E-state index contributed by atoms with van der Waals surface area (Å²) in [4.78, 5) is 22.9. The van der Waals surface area contributed by atoms with Crippen LogP contribution in [0.2, 0.25) is 0 Å². The molecule has 0 bridgehead atoms. The van der Waals surface area contributed by atoms with E-state index < -0.39 is 24.4 Å². The van der Waals surface area contributed by atoms with E-state index >= 15 is 0 Å². The van der Waals surface area contributed by atoms with E-state index in [0.717, 1.165) is 18.6 Å². The molecule has 1 aromatic rings. The van der Waals surface area contributed by atoms with Gasteiger partial charge in [0.2, 0.25) is 0 Å². The lowest BCUT2D eigenvalue weighted by Crippen LogP contribution is -2.34. The second-order valence-corrected chi connectivity index (χ2v) is 4.78. The fourth-order valence-electron chi connectivity index (χ4n) is 1.90. The number of alkyl carbamates (subject to hydrolysis) is 1. The highest BCUT2D eigenvalue weighted by molar-refractivity contribution is 5.81. The predicted molar refractivity (Wildman–Crippen MR) is 72.4 cm³/mol. The van der Waals surface area contributed by atoms with Gasteiger partial charge in [0.05, 0.1) is 6.61 Å². The molecule has 1 heterocycles. The fraction of sp³-hybridized carbons (Fsp3) is 0.429. The number of hydrogen-bond acceptors (Lipinski definition) is 5. The Labute approximate surface area is 130 Å². The molecular formula is C14H15F2NO6. The van der Waals surface area contributed by atoms with Gasteiger partial charge in [-0.2, -0.15) is 0 Å². The van der Waals surface area contributed by atoms with E-state index in [1.165, 1.54) is 6.07 Å². The number of fused-ring (bicyclic) bond motifs is 1. The lowest BCUT2D eigenvalue weighted by molar-refractivity contribution is -0.286. The lowest BCUT2D eigenvalue weighted by atomic mass is 10.1. The summed E-state index contributed by atoms with van der Waals surface area (Å²) in [6.07, 6.45) is -3.25. The number of nitrogens with one attached hydrogen (secondary N) is 1. The normalized spacial score (nSPS) is 15.8. The first-order valence-electron chi connectivity index (χ1n) is 6.88. The van der Waals surface area contributed by atoms with Gasteiger partial charge < -0.3 is 24.6 Å². The van der Waals surface area contributed by atoms with Crippen molar-refractivity contribution in [3.05, 3.63) is 23.8 Å². The van der Waals surface area contributed by atoms with Crippen molar-refractivity contribution in [1.82, 2.24) is 5.32 Å². The van der Waals surface area contributed by atoms with Crippen LogP contribution in [-0.4, -0.2) is 30.1 Å². The predicted octanol–water partition coefficient (Wildman–Crippen LogP) is 2.66. The van der Waals surface area contributed by atoms with Gasteiger partial charge in [0, 0.05) is 0 Å². The fourth-order valence-corrected chi connectivity index (χ4v) is 1.90. The Hall–Kier alpha value is -2.58. The van der Waals surface area contributed by atoms with E-state index in [1.807, 2.05) is 6.92 Å². The summed E-state index contributed by atoms with van der Waals surface area (Å²) in [5.41, 5.74) is 0.0463. The minimum absolute atomic E-state index is 0.0463. The van der Waals surface area contributed by atoms with E-state index in [2.05, 4.69) is 14.8 Å². The molecule has 1 aromatic carbocycles.